The molecule has 0 aliphatic carbocycles. The van der Waals surface area contributed by atoms with Crippen molar-refractivity contribution in [3.63, 3.8) is 0 Å². The number of hydrogen-bond donors (Lipinski definition) is 0. The molecule has 0 aliphatic heterocycles. The van der Waals surface area contributed by atoms with Crippen molar-refractivity contribution >= 4 is 48.9 Å². The van der Waals surface area contributed by atoms with E-state index in [1.165, 1.54) is 0 Å². The van der Waals surface area contributed by atoms with Gasteiger partial charge in [-0.25, -0.2) is 58.4 Å². The van der Waals surface area contributed by atoms with Crippen molar-refractivity contribution in [1.82, 2.24) is 134 Å². The van der Waals surface area contributed by atoms with Gasteiger partial charge < -0.3 is 0 Å². The molecule has 0 radical (unpaired) electrons. The molecule has 0 fully saturated rings. The first kappa shape index (κ1) is 76.5. The van der Waals surface area contributed by atoms with Crippen molar-refractivity contribution < 1.29 is 0 Å². The van der Waals surface area contributed by atoms with Gasteiger partial charge in [0.2, 0.25) is 0 Å². The molecule has 0 spiro atoms. The lowest BCUT2D eigenvalue weighted by atomic mass is 10.1. The lowest BCUT2D eigenvalue weighted by Crippen LogP contribution is -2.02. The second-order valence-corrected chi connectivity index (χ2v) is 29.8. The molecule has 0 saturated heterocycles. The monoisotopic (exact) mass is 1670 g/mol. The number of hydrogen-bond acceptors (Lipinski definition) is 24. The van der Waals surface area contributed by atoms with Crippen LogP contribution in [-0.2, 0) is 0 Å². The van der Waals surface area contributed by atoms with E-state index in [4.69, 9.17) is 70.1 Å². The lowest BCUT2D eigenvalue weighted by molar-refractivity contribution is 0.955. The number of nitrogens with zero attached hydrogens (tertiary/aromatic N) is 27. The fraction of sp³-hybridized carbons (Fsp3) is 0. The van der Waals surface area contributed by atoms with Gasteiger partial charge in [-0.05, 0) is 174 Å². The van der Waals surface area contributed by atoms with E-state index in [-0.39, 0.29) is 0 Å². The van der Waals surface area contributed by atoms with Crippen LogP contribution in [-0.4, -0.2) is 134 Å². The summed E-state index contributed by atoms with van der Waals surface area (Å²) in [5, 5.41) is 21.1. The number of aromatic nitrogens is 27. The molecule has 27 nitrogen and oxygen atoms in total. The highest BCUT2D eigenvalue weighted by molar-refractivity contribution is 5.89. The van der Waals surface area contributed by atoms with Crippen LogP contribution < -0.4 is 0 Å². The Morgan fingerprint density at radius 3 is 0.705 bits per heavy atom. The quantitative estimate of drug-likeness (QED) is 0.0920. The minimum atomic E-state index is 0.422. The minimum absolute atomic E-state index is 0.422. The second kappa shape index (κ2) is 34.0. The Bertz CT molecular complexity index is 6940. The summed E-state index contributed by atoms with van der Waals surface area (Å²) in [5.74, 6) is 3.98. The van der Waals surface area contributed by atoms with Gasteiger partial charge in [0, 0.05) is 166 Å². The van der Waals surface area contributed by atoms with E-state index in [0.29, 0.717) is 92.3 Å². The Morgan fingerprint density at radius 1 is 0.155 bits per heavy atom. The van der Waals surface area contributed by atoms with E-state index in [2.05, 4.69) is 104 Å². The maximum absolute atomic E-state index is 4.85. The number of fused-ring (bicyclic) bond motifs is 6. The van der Waals surface area contributed by atoms with E-state index in [9.17, 15) is 0 Å². The molecule has 24 aromatic rings. The standard InChI is InChI=1S/3C34H21N9/c1-2-8-25-21-43-26(17-22(25)7-1)18-31(42-43)34-40-32(23-11-13-29(37-19-23)27-9-3-5-15-35-27)39-33(41-34)24-12-14-30(38-20-24)28-10-4-6-16-36-28;1-2-8-25-21-43-26(17-22(25)7-1)18-31(42-43)34-40-32(29-13-11-23(19-37-29)27-9-3-5-15-35-27)39-33(41-34)30-14-12-24(20-38-30)28-10-4-6-16-36-28;1-2-6-27-21-43-28(15-22(27)5-1)16-31(42-43)34-40-32(29-11-9-25(19-37-29)23-7-3-13-35-17-23)39-33(41-34)30-12-10-26(20-38-30)24-8-4-14-36-18-24/h3*1-21H. The SMILES string of the molecule is c1ccc(-c2ccc(-c3nc(-c4ccc(-c5ccccn5)cn4)nc(-c4cc5cc6ccccc6cn5n4)n3)nc2)nc1.c1ccc(-c2ccc(-c3nc(-c4ccc(-c5ccccn5)nc4)nc(-c4cc5cc6ccccc6cn5n4)n3)cn2)nc1.c1cncc(-c2ccc(-c3nc(-c4ccc(-c5cccnc5)cn4)nc(-c4cc5cc6ccccc6cn5n4)n3)nc2)c1. The molecule has 24 rings (SSSR count). The van der Waals surface area contributed by atoms with E-state index < -0.39 is 0 Å². The Morgan fingerprint density at radius 2 is 0.411 bits per heavy atom. The second-order valence-electron chi connectivity index (χ2n) is 29.8. The van der Waals surface area contributed by atoms with Crippen molar-refractivity contribution in [2.75, 3.05) is 0 Å². The third-order valence-electron chi connectivity index (χ3n) is 21.3. The maximum atomic E-state index is 4.85. The van der Waals surface area contributed by atoms with E-state index >= 15 is 0 Å². The predicted octanol–water partition coefficient (Wildman–Crippen LogP) is 19.8. The zero-order valence-corrected chi connectivity index (χ0v) is 67.9. The number of pyridine rings is 15. The fourth-order valence-corrected chi connectivity index (χ4v) is 14.8. The molecule has 0 unspecified atom stereocenters. The minimum Gasteiger partial charge on any atom is -0.264 e. The number of rotatable bonds is 15. The summed E-state index contributed by atoms with van der Waals surface area (Å²) < 4.78 is 5.55. The van der Waals surface area contributed by atoms with Crippen LogP contribution in [0.4, 0.5) is 0 Å². The Kier molecular flexibility index (Phi) is 20.1. The first-order valence-corrected chi connectivity index (χ1v) is 41.0. The molecule has 0 saturated carbocycles. The predicted molar refractivity (Wildman–Crippen MR) is 493 cm³/mol. The summed E-state index contributed by atoms with van der Waals surface area (Å²) in [5.41, 5.74) is 19.1. The van der Waals surface area contributed by atoms with Crippen LogP contribution >= 0.6 is 0 Å². The van der Waals surface area contributed by atoms with Crippen LogP contribution in [0.5, 0.6) is 0 Å². The smallest absolute Gasteiger partial charge is 0.184 e. The van der Waals surface area contributed by atoms with E-state index in [0.717, 1.165) is 128 Å². The molecule has 3 aromatic carbocycles. The molecule has 0 bridgehead atoms. The largest absolute Gasteiger partial charge is 0.264 e. The maximum Gasteiger partial charge on any atom is 0.184 e. The van der Waals surface area contributed by atoms with Gasteiger partial charge in [0.1, 0.15) is 39.9 Å². The van der Waals surface area contributed by atoms with Gasteiger partial charge >= 0.3 is 0 Å². The summed E-state index contributed by atoms with van der Waals surface area (Å²) >= 11 is 0. The van der Waals surface area contributed by atoms with Crippen LogP contribution in [0.15, 0.2) is 384 Å². The molecular formula is C102H63N27. The molecular weight excluding hydrogens is 1600 g/mol. The lowest BCUT2D eigenvalue weighted by Gasteiger charge is -2.08. The molecule has 0 N–H and O–H groups in total. The van der Waals surface area contributed by atoms with Crippen LogP contribution in [0.2, 0.25) is 0 Å². The summed E-state index contributed by atoms with van der Waals surface area (Å²) in [4.78, 5) is 97.5. The van der Waals surface area contributed by atoms with Gasteiger partial charge in [0.15, 0.2) is 52.4 Å². The zero-order valence-electron chi connectivity index (χ0n) is 67.9. The molecule has 129 heavy (non-hydrogen) atoms. The van der Waals surface area contributed by atoms with Crippen LogP contribution in [0.3, 0.4) is 0 Å². The number of benzene rings is 3. The van der Waals surface area contributed by atoms with Crippen molar-refractivity contribution in [3.05, 3.63) is 384 Å². The first-order valence-electron chi connectivity index (χ1n) is 41.0. The molecule has 606 valence electrons. The average molecular weight is 1670 g/mol. The highest BCUT2D eigenvalue weighted by Crippen LogP contribution is 2.34. The first-order chi connectivity index (χ1) is 63.8. The fourth-order valence-electron chi connectivity index (χ4n) is 14.8. The van der Waals surface area contributed by atoms with Crippen molar-refractivity contribution in [2.45, 2.75) is 0 Å². The summed E-state index contributed by atoms with van der Waals surface area (Å²) in [6.07, 6.45) is 30.8. The Balaban J connectivity index is 0.000000114. The van der Waals surface area contributed by atoms with Gasteiger partial charge in [-0.2, -0.15) is 15.3 Å². The van der Waals surface area contributed by atoms with Gasteiger partial charge in [-0.3, -0.25) is 59.8 Å². The molecule has 0 amide bonds. The third kappa shape index (κ3) is 16.3. The van der Waals surface area contributed by atoms with Crippen molar-refractivity contribution in [1.29, 1.82) is 0 Å². The third-order valence-corrected chi connectivity index (χ3v) is 21.3. The normalized spacial score (nSPS) is 11.3. The summed E-state index contributed by atoms with van der Waals surface area (Å²) in [7, 11) is 0. The summed E-state index contributed by atoms with van der Waals surface area (Å²) in [6, 6.07) is 90.9. The van der Waals surface area contributed by atoms with Gasteiger partial charge in [0.05, 0.1) is 50.7 Å². The topological polar surface area (TPSA) is 323 Å². The van der Waals surface area contributed by atoms with Crippen LogP contribution in [0.25, 0.3) is 220 Å². The van der Waals surface area contributed by atoms with Crippen LogP contribution in [0.1, 0.15) is 0 Å². The Labute approximate surface area is 733 Å². The molecule has 21 aromatic heterocycles. The summed E-state index contributed by atoms with van der Waals surface area (Å²) in [6.45, 7) is 0. The average Bonchev–Trinajstić information content (AvgIpc) is 1.56. The highest BCUT2D eigenvalue weighted by Gasteiger charge is 2.22. The Hall–Kier alpha value is -18.7. The van der Waals surface area contributed by atoms with Crippen molar-refractivity contribution in [2.24, 2.45) is 0 Å². The van der Waals surface area contributed by atoms with E-state index in [1.807, 2.05) is 269 Å². The van der Waals surface area contributed by atoms with Gasteiger partial charge in [-0.1, -0.05) is 121 Å². The van der Waals surface area contributed by atoms with Gasteiger partial charge in [0.25, 0.3) is 0 Å². The molecule has 21 heterocycles. The zero-order chi connectivity index (χ0) is 85.8. The highest BCUT2D eigenvalue weighted by atomic mass is 15.3. The molecule has 27 heteroatoms. The van der Waals surface area contributed by atoms with E-state index in [1.54, 1.807) is 74.4 Å². The van der Waals surface area contributed by atoms with Crippen LogP contribution in [0, 0.1) is 0 Å². The molecule has 0 aliphatic rings. The van der Waals surface area contributed by atoms with Crippen molar-refractivity contribution in [3.8, 4) is 171 Å². The molecule has 0 atom stereocenters. The van der Waals surface area contributed by atoms with Gasteiger partial charge in [-0.15, -0.1) is 0 Å².